The van der Waals surface area contributed by atoms with Crippen LogP contribution in [0, 0.1) is 0 Å². The van der Waals surface area contributed by atoms with Crippen LogP contribution in [0.2, 0.25) is 0 Å². The molecule has 0 spiro atoms. The zero-order valence-corrected chi connectivity index (χ0v) is 13.5. The molecule has 4 atom stereocenters. The van der Waals surface area contributed by atoms with Gasteiger partial charge in [-0.05, 0) is 26.3 Å². The van der Waals surface area contributed by atoms with Gasteiger partial charge in [0.15, 0.2) is 5.79 Å². The van der Waals surface area contributed by atoms with Crippen LogP contribution in [0.5, 0.6) is 0 Å². The van der Waals surface area contributed by atoms with Crippen LogP contribution < -0.4 is 0 Å². The Bertz CT molecular complexity index is 606. The van der Waals surface area contributed by atoms with Gasteiger partial charge in [-0.25, -0.2) is 4.79 Å². The lowest BCUT2D eigenvalue weighted by Gasteiger charge is -2.42. The number of methoxy groups -OCH3 is 1. The number of hydrogen-bond donors (Lipinski definition) is 3. The van der Waals surface area contributed by atoms with Crippen LogP contribution >= 0.6 is 0 Å². The van der Waals surface area contributed by atoms with Crippen molar-refractivity contribution in [3.63, 3.8) is 0 Å². The van der Waals surface area contributed by atoms with Crippen LogP contribution in [-0.2, 0) is 19.0 Å². The molecule has 0 aromatic heterocycles. The van der Waals surface area contributed by atoms with Crippen LogP contribution in [0.3, 0.4) is 0 Å². The summed E-state index contributed by atoms with van der Waals surface area (Å²) in [5, 5.41) is 30.9. The summed E-state index contributed by atoms with van der Waals surface area (Å²) in [6.45, 7) is 2.79. The maximum atomic E-state index is 11.9. The highest BCUT2D eigenvalue weighted by Crippen LogP contribution is 2.50. The van der Waals surface area contributed by atoms with E-state index in [1.54, 1.807) is 13.0 Å². The van der Waals surface area contributed by atoms with E-state index in [9.17, 15) is 20.1 Å². The van der Waals surface area contributed by atoms with Crippen molar-refractivity contribution >= 4 is 5.97 Å². The first kappa shape index (κ1) is 16.6. The molecule has 1 saturated heterocycles. The van der Waals surface area contributed by atoms with Crippen LogP contribution in [0.4, 0.5) is 0 Å². The van der Waals surface area contributed by atoms with Crippen LogP contribution in [0.1, 0.15) is 33.1 Å². The molecule has 0 aromatic rings. The topological polar surface area (TPSA) is 105 Å². The van der Waals surface area contributed by atoms with E-state index in [4.69, 9.17) is 14.2 Å². The fourth-order valence-electron chi connectivity index (χ4n) is 3.74. The number of carbonyl (C=O) groups is 1. The van der Waals surface area contributed by atoms with Gasteiger partial charge in [-0.1, -0.05) is 0 Å². The van der Waals surface area contributed by atoms with Crippen molar-refractivity contribution in [1.82, 2.24) is 0 Å². The average Bonchev–Trinajstić information content (AvgIpc) is 2.96. The molecule has 23 heavy (non-hydrogen) atoms. The van der Waals surface area contributed by atoms with Gasteiger partial charge in [0, 0.05) is 25.5 Å². The Morgan fingerprint density at radius 1 is 1.39 bits per heavy atom. The lowest BCUT2D eigenvalue weighted by atomic mass is 9.82. The molecule has 0 radical (unpaired) electrons. The average molecular weight is 326 g/mol. The zero-order chi connectivity index (χ0) is 17.0. The van der Waals surface area contributed by atoms with E-state index in [1.165, 1.54) is 14.0 Å². The Kier molecular flexibility index (Phi) is 3.70. The summed E-state index contributed by atoms with van der Waals surface area (Å²) in [5.74, 6) is -1.77. The Morgan fingerprint density at radius 3 is 2.70 bits per heavy atom. The minimum Gasteiger partial charge on any atom is -0.423 e. The number of fused-ring (bicyclic) bond motifs is 3. The Hall–Kier alpha value is -1.25. The molecule has 3 heterocycles. The predicted octanol–water partition coefficient (Wildman–Crippen LogP) is 0.143. The van der Waals surface area contributed by atoms with Gasteiger partial charge in [0.2, 0.25) is 0 Å². The molecular weight excluding hydrogens is 304 g/mol. The fourth-order valence-corrected chi connectivity index (χ4v) is 3.74. The number of ether oxygens (including phenoxy) is 3. The predicted molar refractivity (Wildman–Crippen MR) is 78.0 cm³/mol. The molecule has 0 aliphatic carbocycles. The second-order valence-corrected chi connectivity index (χ2v) is 6.81. The SMILES string of the molecule is CO[C@@]12CC[C@@](C)(C=C3OC(=O)C(CO)=C3[C@@H](O)C[C@@]1(C)O)O2. The molecule has 128 valence electrons. The minimum absolute atomic E-state index is 0.00684. The van der Waals surface area contributed by atoms with Crippen LogP contribution in [0.25, 0.3) is 0 Å². The summed E-state index contributed by atoms with van der Waals surface area (Å²) in [6, 6.07) is 0. The van der Waals surface area contributed by atoms with Crippen molar-refractivity contribution < 1.29 is 34.3 Å². The standard InChI is InChI=1S/C16H22O7/c1-14-4-5-16(21-3,23-14)15(2,20)6-10(18)12-9(8-17)13(19)22-11(12)7-14/h7,10,17-18,20H,4-6,8H2,1-3H3/t10-,14-,15+,16+/m0/s1. The molecule has 7 nitrogen and oxygen atoms in total. The largest absolute Gasteiger partial charge is 0.423 e. The Labute approximate surface area is 134 Å². The van der Waals surface area contributed by atoms with Gasteiger partial charge in [0.1, 0.15) is 11.4 Å². The number of rotatable bonds is 2. The first-order valence-corrected chi connectivity index (χ1v) is 7.62. The van der Waals surface area contributed by atoms with Crippen molar-refractivity contribution in [2.45, 2.75) is 56.2 Å². The second kappa shape index (κ2) is 5.12. The van der Waals surface area contributed by atoms with E-state index in [1.807, 2.05) is 0 Å². The number of carbonyl (C=O) groups excluding carboxylic acids is 1. The molecule has 3 rings (SSSR count). The molecule has 3 aliphatic heterocycles. The van der Waals surface area contributed by atoms with E-state index >= 15 is 0 Å². The van der Waals surface area contributed by atoms with E-state index in [0.717, 1.165) is 0 Å². The van der Waals surface area contributed by atoms with Gasteiger partial charge >= 0.3 is 5.97 Å². The normalized spacial score (nSPS) is 43.5. The number of aliphatic hydroxyl groups is 3. The summed E-state index contributed by atoms with van der Waals surface area (Å²) in [4.78, 5) is 11.9. The van der Waals surface area contributed by atoms with Crippen molar-refractivity contribution in [3.05, 3.63) is 23.0 Å². The summed E-state index contributed by atoms with van der Waals surface area (Å²) in [6.07, 6.45) is 1.29. The van der Waals surface area contributed by atoms with Crippen molar-refractivity contribution in [3.8, 4) is 0 Å². The van der Waals surface area contributed by atoms with E-state index in [2.05, 4.69) is 0 Å². The van der Waals surface area contributed by atoms with E-state index in [0.29, 0.717) is 12.8 Å². The first-order valence-electron chi connectivity index (χ1n) is 7.62. The Balaban J connectivity index is 2.17. The van der Waals surface area contributed by atoms with Crippen LogP contribution in [0.15, 0.2) is 23.0 Å². The Morgan fingerprint density at radius 2 is 2.09 bits per heavy atom. The summed E-state index contributed by atoms with van der Waals surface area (Å²) >= 11 is 0. The molecule has 0 unspecified atom stereocenters. The lowest BCUT2D eigenvalue weighted by Crippen LogP contribution is -2.55. The van der Waals surface area contributed by atoms with Gasteiger partial charge in [-0.15, -0.1) is 0 Å². The van der Waals surface area contributed by atoms with Gasteiger partial charge in [-0.3, -0.25) is 0 Å². The van der Waals surface area contributed by atoms with Crippen molar-refractivity contribution in [2.75, 3.05) is 13.7 Å². The van der Waals surface area contributed by atoms with Crippen LogP contribution in [-0.4, -0.2) is 58.1 Å². The summed E-state index contributed by atoms with van der Waals surface area (Å²) < 4.78 is 16.8. The summed E-state index contributed by atoms with van der Waals surface area (Å²) in [5.41, 5.74) is -2.11. The lowest BCUT2D eigenvalue weighted by molar-refractivity contribution is -0.310. The highest BCUT2D eigenvalue weighted by atomic mass is 16.7. The molecule has 2 bridgehead atoms. The maximum Gasteiger partial charge on any atom is 0.342 e. The quantitative estimate of drug-likeness (QED) is 0.620. The monoisotopic (exact) mass is 326 g/mol. The fraction of sp³-hybridized carbons (Fsp3) is 0.688. The third-order valence-corrected chi connectivity index (χ3v) is 5.06. The number of esters is 1. The molecular formula is C16H22O7. The van der Waals surface area contributed by atoms with Gasteiger partial charge in [0.25, 0.3) is 0 Å². The molecule has 7 heteroatoms. The second-order valence-electron chi connectivity index (χ2n) is 6.81. The highest BCUT2D eigenvalue weighted by molar-refractivity contribution is 5.95. The number of aliphatic hydroxyl groups excluding tert-OH is 2. The van der Waals surface area contributed by atoms with E-state index in [-0.39, 0.29) is 23.3 Å². The molecule has 1 fully saturated rings. The van der Waals surface area contributed by atoms with Crippen molar-refractivity contribution in [1.29, 1.82) is 0 Å². The maximum absolute atomic E-state index is 11.9. The minimum atomic E-state index is -1.50. The van der Waals surface area contributed by atoms with Gasteiger partial charge < -0.3 is 29.5 Å². The first-order chi connectivity index (χ1) is 10.7. The molecule has 0 saturated carbocycles. The smallest absolute Gasteiger partial charge is 0.342 e. The van der Waals surface area contributed by atoms with Crippen molar-refractivity contribution in [2.24, 2.45) is 0 Å². The van der Waals surface area contributed by atoms with Gasteiger partial charge in [-0.2, -0.15) is 0 Å². The summed E-state index contributed by atoms with van der Waals surface area (Å²) in [7, 11) is 1.46. The molecule has 0 aromatic carbocycles. The molecule has 3 N–H and O–H groups in total. The zero-order valence-electron chi connectivity index (χ0n) is 13.5. The molecule has 0 amide bonds. The third-order valence-electron chi connectivity index (χ3n) is 5.06. The highest BCUT2D eigenvalue weighted by Gasteiger charge is 2.59. The van der Waals surface area contributed by atoms with E-state index < -0.39 is 35.7 Å². The van der Waals surface area contributed by atoms with Gasteiger partial charge in [0.05, 0.1) is 23.9 Å². The third kappa shape index (κ3) is 2.35. The molecule has 3 aliphatic rings. The number of hydrogen-bond acceptors (Lipinski definition) is 7.